The summed E-state index contributed by atoms with van der Waals surface area (Å²) >= 11 is 3.76. The zero-order valence-electron chi connectivity index (χ0n) is 13.9. The molecule has 26 heavy (non-hydrogen) atoms. The van der Waals surface area contributed by atoms with Crippen molar-refractivity contribution in [2.24, 2.45) is 0 Å². The SMILES string of the molecule is O=C1c2ccccc2C(=O)N1Cc1ccccc1C(Br)c1ccccc1. The second-order valence-corrected chi connectivity index (χ2v) is 7.13. The third kappa shape index (κ3) is 2.86. The van der Waals surface area contributed by atoms with Gasteiger partial charge in [-0.3, -0.25) is 14.5 Å². The number of alkyl halides is 1. The fourth-order valence-electron chi connectivity index (χ4n) is 3.28. The molecule has 1 unspecified atom stereocenters. The maximum absolute atomic E-state index is 12.7. The van der Waals surface area contributed by atoms with Gasteiger partial charge in [-0.1, -0.05) is 82.7 Å². The molecule has 0 fully saturated rings. The van der Waals surface area contributed by atoms with Crippen molar-refractivity contribution in [2.45, 2.75) is 11.4 Å². The number of imide groups is 1. The predicted octanol–water partition coefficient (Wildman–Crippen LogP) is 4.97. The fourth-order valence-corrected chi connectivity index (χ4v) is 4.03. The predicted molar refractivity (Wildman–Crippen MR) is 104 cm³/mol. The molecule has 2 amide bonds. The molecule has 1 aliphatic rings. The first-order chi connectivity index (χ1) is 12.7. The van der Waals surface area contributed by atoms with Gasteiger partial charge in [-0.25, -0.2) is 0 Å². The van der Waals surface area contributed by atoms with Gasteiger partial charge in [0.15, 0.2) is 0 Å². The Kier molecular flexibility index (Phi) is 4.43. The summed E-state index contributed by atoms with van der Waals surface area (Å²) in [4.78, 5) is 26.6. The molecule has 4 heteroatoms. The number of hydrogen-bond donors (Lipinski definition) is 0. The topological polar surface area (TPSA) is 37.4 Å². The van der Waals surface area contributed by atoms with E-state index in [9.17, 15) is 9.59 Å². The second-order valence-electron chi connectivity index (χ2n) is 6.21. The Morgan fingerprint density at radius 1 is 0.731 bits per heavy atom. The van der Waals surface area contributed by atoms with Crippen LogP contribution in [0.4, 0.5) is 0 Å². The van der Waals surface area contributed by atoms with Crippen molar-refractivity contribution in [3.05, 3.63) is 107 Å². The molecule has 1 atom stereocenters. The fraction of sp³-hybridized carbons (Fsp3) is 0.0909. The van der Waals surface area contributed by atoms with E-state index in [0.29, 0.717) is 11.1 Å². The Morgan fingerprint density at radius 3 is 1.92 bits per heavy atom. The molecule has 0 aromatic heterocycles. The molecular formula is C22H16BrNO2. The number of fused-ring (bicyclic) bond motifs is 1. The molecule has 1 aliphatic heterocycles. The van der Waals surface area contributed by atoms with Gasteiger partial charge in [0.05, 0.1) is 22.5 Å². The van der Waals surface area contributed by atoms with Gasteiger partial charge in [0.25, 0.3) is 11.8 Å². The minimum atomic E-state index is -0.230. The molecule has 0 radical (unpaired) electrons. The van der Waals surface area contributed by atoms with E-state index in [4.69, 9.17) is 0 Å². The zero-order chi connectivity index (χ0) is 18.1. The minimum absolute atomic E-state index is 0.00455. The van der Waals surface area contributed by atoms with Gasteiger partial charge in [0.2, 0.25) is 0 Å². The van der Waals surface area contributed by atoms with Crippen LogP contribution in [0.2, 0.25) is 0 Å². The van der Waals surface area contributed by atoms with Crippen LogP contribution in [0.1, 0.15) is 42.2 Å². The molecule has 0 aliphatic carbocycles. The number of rotatable bonds is 4. The van der Waals surface area contributed by atoms with Crippen LogP contribution >= 0.6 is 15.9 Å². The molecule has 0 saturated heterocycles. The first kappa shape index (κ1) is 16.7. The summed E-state index contributed by atoms with van der Waals surface area (Å²) in [7, 11) is 0. The minimum Gasteiger partial charge on any atom is -0.270 e. The summed E-state index contributed by atoms with van der Waals surface area (Å²) in [5, 5.41) is 0. The molecule has 1 heterocycles. The molecule has 3 aromatic carbocycles. The third-order valence-corrected chi connectivity index (χ3v) is 5.65. The third-order valence-electron chi connectivity index (χ3n) is 4.63. The van der Waals surface area contributed by atoms with Crippen molar-refractivity contribution in [1.82, 2.24) is 4.90 Å². The van der Waals surface area contributed by atoms with E-state index >= 15 is 0 Å². The Hall–Kier alpha value is -2.72. The Balaban J connectivity index is 1.67. The van der Waals surface area contributed by atoms with Crippen molar-refractivity contribution < 1.29 is 9.59 Å². The number of hydrogen-bond acceptors (Lipinski definition) is 2. The van der Waals surface area contributed by atoms with E-state index < -0.39 is 0 Å². The first-order valence-electron chi connectivity index (χ1n) is 8.39. The molecule has 0 saturated carbocycles. The summed E-state index contributed by atoms with van der Waals surface area (Å²) in [5.41, 5.74) is 4.09. The van der Waals surface area contributed by atoms with Crippen LogP contribution in [-0.4, -0.2) is 16.7 Å². The van der Waals surface area contributed by atoms with Crippen LogP contribution in [0.25, 0.3) is 0 Å². The summed E-state index contributed by atoms with van der Waals surface area (Å²) in [5.74, 6) is -0.461. The average Bonchev–Trinajstić information content (AvgIpc) is 2.94. The van der Waals surface area contributed by atoms with Gasteiger partial charge in [-0.15, -0.1) is 0 Å². The van der Waals surface area contributed by atoms with Crippen LogP contribution in [0.15, 0.2) is 78.9 Å². The number of nitrogens with zero attached hydrogens (tertiary/aromatic N) is 1. The number of amides is 2. The monoisotopic (exact) mass is 405 g/mol. The first-order valence-corrected chi connectivity index (χ1v) is 9.30. The number of carbonyl (C=O) groups is 2. The lowest BCUT2D eigenvalue weighted by Gasteiger charge is -2.19. The highest BCUT2D eigenvalue weighted by Gasteiger charge is 2.35. The largest absolute Gasteiger partial charge is 0.270 e. The van der Waals surface area contributed by atoms with Gasteiger partial charge in [0.1, 0.15) is 0 Å². The highest BCUT2D eigenvalue weighted by Crippen LogP contribution is 2.34. The van der Waals surface area contributed by atoms with E-state index in [1.165, 1.54) is 4.90 Å². The maximum atomic E-state index is 12.7. The van der Waals surface area contributed by atoms with Gasteiger partial charge < -0.3 is 0 Å². The smallest absolute Gasteiger partial charge is 0.261 e. The van der Waals surface area contributed by atoms with Gasteiger partial charge in [0, 0.05) is 0 Å². The van der Waals surface area contributed by atoms with Crippen molar-refractivity contribution in [3.63, 3.8) is 0 Å². The molecule has 0 N–H and O–H groups in total. The highest BCUT2D eigenvalue weighted by atomic mass is 79.9. The molecule has 4 rings (SSSR count). The lowest BCUT2D eigenvalue weighted by molar-refractivity contribution is 0.0642. The van der Waals surface area contributed by atoms with Crippen LogP contribution in [0, 0.1) is 0 Å². The van der Waals surface area contributed by atoms with Crippen molar-refractivity contribution in [1.29, 1.82) is 0 Å². The molecular weight excluding hydrogens is 390 g/mol. The molecule has 128 valence electrons. The van der Waals surface area contributed by atoms with E-state index in [0.717, 1.165) is 16.7 Å². The number of benzene rings is 3. The molecule has 3 nitrogen and oxygen atoms in total. The van der Waals surface area contributed by atoms with Crippen LogP contribution in [0.3, 0.4) is 0 Å². The Labute approximate surface area is 160 Å². The van der Waals surface area contributed by atoms with E-state index in [1.54, 1.807) is 24.3 Å². The van der Waals surface area contributed by atoms with Gasteiger partial charge >= 0.3 is 0 Å². The van der Waals surface area contributed by atoms with Crippen LogP contribution in [-0.2, 0) is 6.54 Å². The number of halogens is 1. The maximum Gasteiger partial charge on any atom is 0.261 e. The van der Waals surface area contributed by atoms with Crippen molar-refractivity contribution in [3.8, 4) is 0 Å². The standard InChI is InChI=1S/C22H16BrNO2/c23-20(15-8-2-1-3-9-15)17-11-5-4-10-16(17)14-24-21(25)18-12-6-7-13-19(18)22(24)26/h1-13,20H,14H2. The summed E-state index contributed by atoms with van der Waals surface area (Å²) in [6.45, 7) is 0.261. The highest BCUT2D eigenvalue weighted by molar-refractivity contribution is 9.09. The van der Waals surface area contributed by atoms with Gasteiger partial charge in [-0.2, -0.15) is 0 Å². The van der Waals surface area contributed by atoms with E-state index in [2.05, 4.69) is 28.1 Å². The normalized spacial score (nSPS) is 14.4. The Bertz CT molecular complexity index is 949. The van der Waals surface area contributed by atoms with Crippen LogP contribution in [0.5, 0.6) is 0 Å². The molecule has 3 aromatic rings. The quantitative estimate of drug-likeness (QED) is 0.453. The number of carbonyl (C=O) groups excluding carboxylic acids is 2. The van der Waals surface area contributed by atoms with E-state index in [-0.39, 0.29) is 23.2 Å². The lowest BCUT2D eigenvalue weighted by atomic mass is 9.99. The van der Waals surface area contributed by atoms with Crippen molar-refractivity contribution >= 4 is 27.7 Å². The zero-order valence-corrected chi connectivity index (χ0v) is 15.5. The summed E-state index contributed by atoms with van der Waals surface area (Å²) < 4.78 is 0. The van der Waals surface area contributed by atoms with E-state index in [1.807, 2.05) is 42.5 Å². The van der Waals surface area contributed by atoms with Crippen LogP contribution < -0.4 is 0 Å². The van der Waals surface area contributed by atoms with Gasteiger partial charge in [-0.05, 0) is 28.8 Å². The molecule has 0 bridgehead atoms. The summed E-state index contributed by atoms with van der Waals surface area (Å²) in [6, 6.07) is 25.0. The lowest BCUT2D eigenvalue weighted by Crippen LogP contribution is -2.29. The molecule has 0 spiro atoms. The average molecular weight is 406 g/mol. The Morgan fingerprint density at radius 2 is 1.27 bits per heavy atom. The second kappa shape index (κ2) is 6.89. The van der Waals surface area contributed by atoms with Crippen molar-refractivity contribution in [2.75, 3.05) is 0 Å². The summed E-state index contributed by atoms with van der Waals surface area (Å²) in [6.07, 6.45) is 0.